The first-order valence-corrected chi connectivity index (χ1v) is 9.18. The first-order valence-electron chi connectivity index (χ1n) is 9.18. The normalized spacial score (nSPS) is 33.4. The van der Waals surface area contributed by atoms with Crippen LogP contribution < -0.4 is 10.1 Å². The second kappa shape index (κ2) is 5.69. The fraction of sp³-hybridized carbons (Fsp3) is 0.450. The van der Waals surface area contributed by atoms with Gasteiger partial charge in [-0.3, -0.25) is 19.3 Å². The van der Waals surface area contributed by atoms with Gasteiger partial charge in [0.05, 0.1) is 11.8 Å². The number of nitrogens with one attached hydrogen (secondary N) is 1. The molecule has 5 rings (SSSR count). The second-order valence-corrected chi connectivity index (χ2v) is 7.52. The molecule has 2 bridgehead atoms. The molecule has 2 aliphatic heterocycles. The van der Waals surface area contributed by atoms with Gasteiger partial charge < -0.3 is 10.1 Å². The predicted molar refractivity (Wildman–Crippen MR) is 92.1 cm³/mol. The van der Waals surface area contributed by atoms with Crippen LogP contribution in [0.25, 0.3) is 0 Å². The lowest BCUT2D eigenvalue weighted by Crippen LogP contribution is -2.41. The molecule has 2 heterocycles. The third-order valence-corrected chi connectivity index (χ3v) is 6.21. The number of para-hydroxylation sites is 1. The van der Waals surface area contributed by atoms with Crippen LogP contribution in [0.5, 0.6) is 5.75 Å². The van der Waals surface area contributed by atoms with E-state index in [1.54, 1.807) is 0 Å². The van der Waals surface area contributed by atoms with E-state index in [2.05, 4.69) is 17.5 Å². The van der Waals surface area contributed by atoms with Crippen molar-refractivity contribution in [3.05, 3.63) is 42.0 Å². The zero-order chi connectivity index (χ0) is 17.8. The molecule has 2 aliphatic carbocycles. The number of hydrogen-bond acceptors (Lipinski definition) is 4. The summed E-state index contributed by atoms with van der Waals surface area (Å²) in [7, 11) is 0. The van der Waals surface area contributed by atoms with Gasteiger partial charge in [-0.15, -0.1) is 0 Å². The number of nitrogens with zero attached hydrogens (tertiary/aromatic N) is 1. The average molecular weight is 352 g/mol. The van der Waals surface area contributed by atoms with Gasteiger partial charge >= 0.3 is 0 Å². The van der Waals surface area contributed by atoms with Crippen LogP contribution in [-0.4, -0.2) is 42.3 Å². The molecule has 6 heteroatoms. The summed E-state index contributed by atoms with van der Waals surface area (Å²) in [6.45, 7) is 0.841. The van der Waals surface area contributed by atoms with Crippen LogP contribution in [0.3, 0.4) is 0 Å². The number of allylic oxidation sites excluding steroid dienone is 2. The quantitative estimate of drug-likeness (QED) is 0.650. The number of amides is 3. The Balaban J connectivity index is 1.20. The molecule has 1 saturated carbocycles. The smallest absolute Gasteiger partial charge is 0.233 e. The number of rotatable bonds is 4. The van der Waals surface area contributed by atoms with Crippen LogP contribution in [-0.2, 0) is 14.4 Å². The maximum absolute atomic E-state index is 12.6. The highest BCUT2D eigenvalue weighted by molar-refractivity contribution is 6.06. The Morgan fingerprint density at radius 1 is 1.12 bits per heavy atom. The number of hydrogen-bond donors (Lipinski definition) is 1. The van der Waals surface area contributed by atoms with E-state index < -0.39 is 0 Å². The Bertz CT molecular complexity index is 803. The highest BCUT2D eigenvalue weighted by atomic mass is 16.5. The van der Waals surface area contributed by atoms with E-state index >= 15 is 0 Å². The Kier molecular flexibility index (Phi) is 3.42. The van der Waals surface area contributed by atoms with E-state index in [9.17, 15) is 14.4 Å². The zero-order valence-electron chi connectivity index (χ0n) is 14.3. The monoisotopic (exact) mass is 352 g/mol. The van der Waals surface area contributed by atoms with Gasteiger partial charge in [0, 0.05) is 18.7 Å². The van der Waals surface area contributed by atoms with Crippen LogP contribution in [0.1, 0.15) is 17.9 Å². The van der Waals surface area contributed by atoms with Crippen molar-refractivity contribution in [2.45, 2.75) is 12.3 Å². The molecular formula is C20H20N2O4. The van der Waals surface area contributed by atoms with Crippen LogP contribution in [0.2, 0.25) is 0 Å². The van der Waals surface area contributed by atoms with Crippen molar-refractivity contribution in [2.24, 2.45) is 23.7 Å². The minimum Gasteiger partial charge on any atom is -0.492 e. The minimum atomic E-state index is -0.337. The maximum Gasteiger partial charge on any atom is 0.233 e. The number of ether oxygens (including phenoxy) is 1. The minimum absolute atomic E-state index is 0.0688. The van der Waals surface area contributed by atoms with Crippen LogP contribution in [0.15, 0.2) is 36.4 Å². The summed E-state index contributed by atoms with van der Waals surface area (Å²) in [5.74, 6) is 0.217. The van der Waals surface area contributed by atoms with Crippen LogP contribution in [0, 0.1) is 23.7 Å². The fourth-order valence-electron chi connectivity index (χ4n) is 4.98. The number of imide groups is 1. The maximum atomic E-state index is 12.6. The summed E-state index contributed by atoms with van der Waals surface area (Å²) in [6, 6.07) is 7.51. The van der Waals surface area contributed by atoms with Gasteiger partial charge in [0.15, 0.2) is 0 Å². The van der Waals surface area contributed by atoms with Crippen molar-refractivity contribution in [1.82, 2.24) is 10.2 Å². The molecule has 26 heavy (non-hydrogen) atoms. The largest absolute Gasteiger partial charge is 0.492 e. The third kappa shape index (κ3) is 2.14. The van der Waals surface area contributed by atoms with Gasteiger partial charge in [-0.1, -0.05) is 30.4 Å². The lowest BCUT2D eigenvalue weighted by atomic mass is 9.85. The molecule has 1 aromatic carbocycles. The van der Waals surface area contributed by atoms with Gasteiger partial charge in [0.2, 0.25) is 17.7 Å². The van der Waals surface area contributed by atoms with E-state index in [-0.39, 0.29) is 60.4 Å². The molecule has 0 unspecified atom stereocenters. The summed E-state index contributed by atoms with van der Waals surface area (Å²) in [5.41, 5.74) is 0.885. The van der Waals surface area contributed by atoms with E-state index in [0.29, 0.717) is 6.61 Å². The Morgan fingerprint density at radius 2 is 1.81 bits per heavy atom. The number of likely N-dealkylation sites (tertiary alicyclic amines) is 1. The summed E-state index contributed by atoms with van der Waals surface area (Å²) in [4.78, 5) is 39.1. The average Bonchev–Trinajstić information content (AvgIpc) is 3.40. The molecule has 134 valence electrons. The van der Waals surface area contributed by atoms with E-state index in [0.717, 1.165) is 17.7 Å². The Morgan fingerprint density at radius 3 is 2.54 bits per heavy atom. The van der Waals surface area contributed by atoms with E-state index in [1.165, 1.54) is 4.90 Å². The standard InChI is InChI=1S/C20H20N2O4/c23-18(14-10-26-15-4-2-1-3-13(14)15)21-7-8-22-19(24)16-11-5-6-12(9-11)17(16)20(22)25/h1-6,11-12,14,16-17H,7-10H2,(H,21,23)/t11-,12-,14-,16+,17+/m0/s1. The SMILES string of the molecule is O=C(NCCN1C(=O)[C@H]2[C@H](C1=O)[C@H]1C=C[C@H]2C1)[C@H]1COc2ccccc21. The van der Waals surface area contributed by atoms with Gasteiger partial charge in [-0.05, 0) is 24.3 Å². The van der Waals surface area contributed by atoms with Gasteiger partial charge in [-0.25, -0.2) is 0 Å². The van der Waals surface area contributed by atoms with Gasteiger partial charge in [0.25, 0.3) is 0 Å². The molecule has 1 saturated heterocycles. The van der Waals surface area contributed by atoms with Crippen molar-refractivity contribution < 1.29 is 19.1 Å². The zero-order valence-corrected chi connectivity index (χ0v) is 14.3. The fourth-order valence-corrected chi connectivity index (χ4v) is 4.98. The third-order valence-electron chi connectivity index (χ3n) is 6.21. The first kappa shape index (κ1) is 15.6. The summed E-state index contributed by atoms with van der Waals surface area (Å²) < 4.78 is 5.54. The Labute approximate surface area is 151 Å². The first-order chi connectivity index (χ1) is 12.6. The molecule has 0 spiro atoms. The van der Waals surface area contributed by atoms with Gasteiger partial charge in [-0.2, -0.15) is 0 Å². The Hall–Kier alpha value is -2.63. The number of benzene rings is 1. The molecule has 1 aromatic rings. The molecule has 0 aromatic heterocycles. The molecule has 3 amide bonds. The lowest BCUT2D eigenvalue weighted by molar-refractivity contribution is -0.141. The van der Waals surface area contributed by atoms with Crippen molar-refractivity contribution in [2.75, 3.05) is 19.7 Å². The van der Waals surface area contributed by atoms with Gasteiger partial charge in [0.1, 0.15) is 18.3 Å². The van der Waals surface area contributed by atoms with Crippen molar-refractivity contribution >= 4 is 17.7 Å². The number of carbonyl (C=O) groups is 3. The second-order valence-electron chi connectivity index (χ2n) is 7.52. The van der Waals surface area contributed by atoms with Crippen LogP contribution >= 0.6 is 0 Å². The predicted octanol–water partition coefficient (Wildman–Crippen LogP) is 1.09. The molecule has 0 radical (unpaired) electrons. The molecule has 6 nitrogen and oxygen atoms in total. The molecule has 4 aliphatic rings. The van der Waals surface area contributed by atoms with Crippen molar-refractivity contribution in [3.8, 4) is 5.75 Å². The van der Waals surface area contributed by atoms with Crippen LogP contribution in [0.4, 0.5) is 0 Å². The molecule has 2 fully saturated rings. The van der Waals surface area contributed by atoms with E-state index in [1.807, 2.05) is 24.3 Å². The molecular weight excluding hydrogens is 332 g/mol. The summed E-state index contributed by atoms with van der Waals surface area (Å²) in [6.07, 6.45) is 5.10. The summed E-state index contributed by atoms with van der Waals surface area (Å²) >= 11 is 0. The molecule has 1 N–H and O–H groups in total. The number of carbonyl (C=O) groups excluding carboxylic acids is 3. The lowest BCUT2D eigenvalue weighted by Gasteiger charge is -2.18. The van der Waals surface area contributed by atoms with Crippen molar-refractivity contribution in [3.63, 3.8) is 0 Å². The summed E-state index contributed by atoms with van der Waals surface area (Å²) in [5, 5.41) is 2.86. The highest BCUT2D eigenvalue weighted by Crippen LogP contribution is 2.52. The van der Waals surface area contributed by atoms with Crippen molar-refractivity contribution in [1.29, 1.82) is 0 Å². The molecule has 5 atom stereocenters. The van der Waals surface area contributed by atoms with E-state index in [4.69, 9.17) is 4.74 Å². The topological polar surface area (TPSA) is 75.7 Å². The number of fused-ring (bicyclic) bond motifs is 6. The highest BCUT2D eigenvalue weighted by Gasteiger charge is 2.58.